The maximum absolute atomic E-state index is 12.8. The first kappa shape index (κ1) is 26.7. The lowest BCUT2D eigenvalue weighted by Crippen LogP contribution is -2.51. The quantitative estimate of drug-likeness (QED) is 0.291. The molecule has 6 N–H and O–H groups in total. The van der Waals surface area contributed by atoms with Crippen LogP contribution in [0.25, 0.3) is 0 Å². The summed E-state index contributed by atoms with van der Waals surface area (Å²) in [6, 6.07) is -0.808. The molecule has 164 valence electrons. The van der Waals surface area contributed by atoms with E-state index in [1.807, 2.05) is 0 Å². The van der Waals surface area contributed by atoms with E-state index in [0.29, 0.717) is 13.0 Å². The van der Waals surface area contributed by atoms with Gasteiger partial charge in [0.25, 0.3) is 0 Å². The SMILES string of the molecule is CCCCCCC(CCN)C(=O)C[C@H](C(=O)N[C@@H](CN)C(=O)C(C)C)C(C)O. The summed E-state index contributed by atoms with van der Waals surface area (Å²) in [5.41, 5.74) is 11.3. The lowest BCUT2D eigenvalue weighted by molar-refractivity contribution is -0.136. The zero-order valence-electron chi connectivity index (χ0n) is 18.1. The first-order valence-electron chi connectivity index (χ1n) is 10.6. The van der Waals surface area contributed by atoms with E-state index in [1.54, 1.807) is 13.8 Å². The van der Waals surface area contributed by atoms with Crippen molar-refractivity contribution in [1.29, 1.82) is 0 Å². The molecule has 7 heteroatoms. The lowest BCUT2D eigenvalue weighted by atomic mass is 9.86. The monoisotopic (exact) mass is 399 g/mol. The van der Waals surface area contributed by atoms with Gasteiger partial charge in [-0.15, -0.1) is 0 Å². The van der Waals surface area contributed by atoms with Gasteiger partial charge in [-0.05, 0) is 26.3 Å². The van der Waals surface area contributed by atoms with E-state index < -0.39 is 24.0 Å². The Balaban J connectivity index is 5.01. The Morgan fingerprint density at radius 2 is 1.64 bits per heavy atom. The van der Waals surface area contributed by atoms with Gasteiger partial charge in [-0.3, -0.25) is 14.4 Å². The van der Waals surface area contributed by atoms with Crippen LogP contribution in [-0.4, -0.2) is 47.8 Å². The summed E-state index contributed by atoms with van der Waals surface area (Å²) in [5, 5.41) is 12.7. The number of aliphatic hydroxyl groups is 1. The van der Waals surface area contributed by atoms with Crippen LogP contribution in [0.15, 0.2) is 0 Å². The average molecular weight is 400 g/mol. The fourth-order valence-corrected chi connectivity index (χ4v) is 3.28. The molecule has 0 radical (unpaired) electrons. The van der Waals surface area contributed by atoms with Gasteiger partial charge in [0.2, 0.25) is 5.91 Å². The minimum Gasteiger partial charge on any atom is -0.393 e. The van der Waals surface area contributed by atoms with E-state index in [0.717, 1.165) is 32.1 Å². The highest BCUT2D eigenvalue weighted by Gasteiger charge is 2.32. The molecule has 0 aliphatic rings. The molecule has 0 spiro atoms. The molecule has 0 aliphatic carbocycles. The molecule has 0 saturated heterocycles. The van der Waals surface area contributed by atoms with Crippen molar-refractivity contribution >= 4 is 17.5 Å². The van der Waals surface area contributed by atoms with Crippen LogP contribution in [-0.2, 0) is 14.4 Å². The van der Waals surface area contributed by atoms with Gasteiger partial charge in [-0.2, -0.15) is 0 Å². The number of hydrogen-bond acceptors (Lipinski definition) is 6. The van der Waals surface area contributed by atoms with Gasteiger partial charge in [-0.25, -0.2) is 0 Å². The summed E-state index contributed by atoms with van der Waals surface area (Å²) in [6.45, 7) is 7.49. The molecule has 4 atom stereocenters. The van der Waals surface area contributed by atoms with Crippen molar-refractivity contribution in [3.63, 3.8) is 0 Å². The molecule has 1 amide bonds. The summed E-state index contributed by atoms with van der Waals surface area (Å²) in [7, 11) is 0. The number of unbranched alkanes of at least 4 members (excludes halogenated alkanes) is 3. The van der Waals surface area contributed by atoms with Gasteiger partial charge in [0.1, 0.15) is 5.78 Å². The van der Waals surface area contributed by atoms with Gasteiger partial charge in [0.05, 0.1) is 18.1 Å². The highest BCUT2D eigenvalue weighted by molar-refractivity contribution is 5.93. The third kappa shape index (κ3) is 9.75. The summed E-state index contributed by atoms with van der Waals surface area (Å²) in [5.74, 6) is -2.09. The molecule has 0 aliphatic heterocycles. The Morgan fingerprint density at radius 3 is 2.11 bits per heavy atom. The molecule has 0 aromatic rings. The van der Waals surface area contributed by atoms with E-state index in [1.165, 1.54) is 6.92 Å². The molecule has 2 unspecified atom stereocenters. The molecule has 0 aromatic heterocycles. The van der Waals surface area contributed by atoms with Crippen molar-refractivity contribution in [2.45, 2.75) is 84.8 Å². The molecule has 0 saturated carbocycles. The minimum absolute atomic E-state index is 0.0174. The number of carbonyl (C=O) groups excluding carboxylic acids is 3. The van der Waals surface area contributed by atoms with E-state index in [-0.39, 0.29) is 36.4 Å². The number of aliphatic hydroxyl groups excluding tert-OH is 1. The maximum Gasteiger partial charge on any atom is 0.226 e. The summed E-state index contributed by atoms with van der Waals surface area (Å²) in [6.07, 6.45) is 4.54. The number of hydrogen-bond donors (Lipinski definition) is 4. The van der Waals surface area contributed by atoms with Crippen LogP contribution in [0.5, 0.6) is 0 Å². The smallest absolute Gasteiger partial charge is 0.226 e. The molecular weight excluding hydrogens is 358 g/mol. The van der Waals surface area contributed by atoms with Crippen LogP contribution in [0, 0.1) is 17.8 Å². The van der Waals surface area contributed by atoms with E-state index >= 15 is 0 Å². The van der Waals surface area contributed by atoms with Gasteiger partial charge >= 0.3 is 0 Å². The summed E-state index contributed by atoms with van der Waals surface area (Å²) >= 11 is 0. The molecule has 0 aromatic carbocycles. The molecule has 7 nitrogen and oxygen atoms in total. The first-order chi connectivity index (χ1) is 13.2. The Morgan fingerprint density at radius 1 is 1.00 bits per heavy atom. The van der Waals surface area contributed by atoms with Crippen molar-refractivity contribution in [1.82, 2.24) is 5.32 Å². The predicted octanol–water partition coefficient (Wildman–Crippen LogP) is 1.55. The first-order valence-corrected chi connectivity index (χ1v) is 10.6. The van der Waals surface area contributed by atoms with E-state index in [2.05, 4.69) is 12.2 Å². The Labute approximate surface area is 170 Å². The number of nitrogens with two attached hydrogens (primary N) is 2. The summed E-state index contributed by atoms with van der Waals surface area (Å²) in [4.78, 5) is 37.6. The van der Waals surface area contributed by atoms with E-state index in [9.17, 15) is 19.5 Å². The van der Waals surface area contributed by atoms with Crippen molar-refractivity contribution in [2.24, 2.45) is 29.2 Å². The number of ketones is 2. The van der Waals surface area contributed by atoms with Crippen LogP contribution in [0.3, 0.4) is 0 Å². The highest BCUT2D eigenvalue weighted by Crippen LogP contribution is 2.21. The number of rotatable bonds is 16. The third-order valence-corrected chi connectivity index (χ3v) is 5.18. The second-order valence-corrected chi connectivity index (χ2v) is 8.00. The van der Waals surface area contributed by atoms with Crippen LogP contribution in [0.1, 0.15) is 72.6 Å². The normalized spacial score (nSPS) is 15.7. The highest BCUT2D eigenvalue weighted by atomic mass is 16.3. The van der Waals surface area contributed by atoms with Gasteiger partial charge in [0.15, 0.2) is 5.78 Å². The largest absolute Gasteiger partial charge is 0.393 e. The standard InChI is InChI=1S/C21H41N3O4/c1-5-6-7-8-9-16(10-11-22)19(26)12-17(15(4)25)21(28)24-18(13-23)20(27)14(2)3/h14-18,25H,5-13,22-23H2,1-4H3,(H,24,28)/t15?,16?,17-,18-/m0/s1. The number of amides is 1. The lowest BCUT2D eigenvalue weighted by Gasteiger charge is -2.25. The number of Topliss-reactive ketones (excluding diaryl/α,β-unsaturated/α-hetero) is 2. The second-order valence-electron chi connectivity index (χ2n) is 8.00. The van der Waals surface area contributed by atoms with Crippen molar-refractivity contribution in [2.75, 3.05) is 13.1 Å². The zero-order chi connectivity index (χ0) is 21.7. The van der Waals surface area contributed by atoms with Crippen LogP contribution >= 0.6 is 0 Å². The number of carbonyl (C=O) groups is 3. The molecule has 0 fully saturated rings. The van der Waals surface area contributed by atoms with Gasteiger partial charge in [0, 0.05) is 24.8 Å². The van der Waals surface area contributed by atoms with Crippen LogP contribution in [0.4, 0.5) is 0 Å². The second kappa shape index (κ2) is 14.7. The molecular formula is C21H41N3O4. The maximum atomic E-state index is 12.8. The average Bonchev–Trinajstić information content (AvgIpc) is 2.65. The summed E-state index contributed by atoms with van der Waals surface area (Å²) < 4.78 is 0. The van der Waals surface area contributed by atoms with E-state index in [4.69, 9.17) is 11.5 Å². The Kier molecular flexibility index (Phi) is 14.0. The molecule has 0 bridgehead atoms. The van der Waals surface area contributed by atoms with Gasteiger partial charge < -0.3 is 21.9 Å². The zero-order valence-corrected chi connectivity index (χ0v) is 18.1. The Bertz CT molecular complexity index is 480. The van der Waals surface area contributed by atoms with Crippen LogP contribution in [0.2, 0.25) is 0 Å². The predicted molar refractivity (Wildman–Crippen MR) is 112 cm³/mol. The fourth-order valence-electron chi connectivity index (χ4n) is 3.28. The molecule has 28 heavy (non-hydrogen) atoms. The van der Waals surface area contributed by atoms with Crippen molar-refractivity contribution in [3.05, 3.63) is 0 Å². The minimum atomic E-state index is -1.00. The third-order valence-electron chi connectivity index (χ3n) is 5.18. The van der Waals surface area contributed by atoms with Crippen molar-refractivity contribution < 1.29 is 19.5 Å². The number of nitrogens with one attached hydrogen (secondary N) is 1. The fraction of sp³-hybridized carbons (Fsp3) is 0.857. The molecule has 0 heterocycles. The van der Waals surface area contributed by atoms with Crippen molar-refractivity contribution in [3.8, 4) is 0 Å². The Hall–Kier alpha value is -1.31. The van der Waals surface area contributed by atoms with Gasteiger partial charge in [-0.1, -0.05) is 46.5 Å². The molecule has 0 rings (SSSR count). The topological polar surface area (TPSA) is 136 Å². The van der Waals surface area contributed by atoms with Crippen LogP contribution < -0.4 is 16.8 Å².